The fourth-order valence-electron chi connectivity index (χ4n) is 1.75. The zero-order valence-corrected chi connectivity index (χ0v) is 13.7. The van der Waals surface area contributed by atoms with Crippen LogP contribution < -0.4 is 0 Å². The normalized spacial score (nSPS) is 20.9. The van der Waals surface area contributed by atoms with Crippen LogP contribution in [-0.2, 0) is 14.2 Å². The lowest BCUT2D eigenvalue weighted by atomic mass is 9.93. The van der Waals surface area contributed by atoms with Gasteiger partial charge in [0.05, 0.1) is 19.8 Å². The van der Waals surface area contributed by atoms with Crippen LogP contribution in [0.4, 0.5) is 4.79 Å². The Hall–Kier alpha value is -0.810. The highest BCUT2D eigenvalue weighted by molar-refractivity contribution is 5.68. The molecule has 1 aliphatic heterocycles. The lowest BCUT2D eigenvalue weighted by Crippen LogP contribution is -2.51. The number of morpholine rings is 1. The van der Waals surface area contributed by atoms with E-state index < -0.39 is 5.60 Å². The van der Waals surface area contributed by atoms with Gasteiger partial charge in [-0.05, 0) is 32.6 Å². The Bertz CT molecular complexity index is 317. The number of amides is 1. The quantitative estimate of drug-likeness (QED) is 0.800. The number of carbonyl (C=O) groups excluding carboxylic acids is 1. The summed E-state index contributed by atoms with van der Waals surface area (Å²) in [5, 5.41) is 0. The monoisotopic (exact) mass is 287 g/mol. The zero-order valence-electron chi connectivity index (χ0n) is 13.7. The summed E-state index contributed by atoms with van der Waals surface area (Å²) in [6.45, 7) is 14.1. The number of carbonyl (C=O) groups is 1. The van der Waals surface area contributed by atoms with Gasteiger partial charge in [0.15, 0.2) is 6.23 Å². The van der Waals surface area contributed by atoms with Crippen LogP contribution in [0.25, 0.3) is 0 Å². The smallest absolute Gasteiger partial charge is 0.412 e. The maximum absolute atomic E-state index is 12.2. The lowest BCUT2D eigenvalue weighted by Gasteiger charge is -2.36. The van der Waals surface area contributed by atoms with Gasteiger partial charge in [-0.2, -0.15) is 0 Å². The van der Waals surface area contributed by atoms with Gasteiger partial charge in [-0.1, -0.05) is 20.8 Å². The van der Waals surface area contributed by atoms with E-state index >= 15 is 0 Å². The van der Waals surface area contributed by atoms with Gasteiger partial charge in [-0.15, -0.1) is 0 Å². The van der Waals surface area contributed by atoms with Gasteiger partial charge < -0.3 is 14.2 Å². The van der Waals surface area contributed by atoms with E-state index in [2.05, 4.69) is 20.8 Å². The van der Waals surface area contributed by atoms with Gasteiger partial charge in [0.1, 0.15) is 5.60 Å². The van der Waals surface area contributed by atoms with Crippen molar-refractivity contribution in [3.63, 3.8) is 0 Å². The average molecular weight is 287 g/mol. The first kappa shape index (κ1) is 17.2. The molecule has 1 amide bonds. The van der Waals surface area contributed by atoms with Crippen molar-refractivity contribution in [2.75, 3.05) is 26.4 Å². The first-order valence-electron chi connectivity index (χ1n) is 7.27. The molecule has 5 heteroatoms. The molecule has 1 heterocycles. The van der Waals surface area contributed by atoms with Crippen molar-refractivity contribution in [1.82, 2.24) is 4.90 Å². The van der Waals surface area contributed by atoms with E-state index in [0.717, 1.165) is 6.42 Å². The van der Waals surface area contributed by atoms with Crippen LogP contribution in [0, 0.1) is 5.41 Å². The van der Waals surface area contributed by atoms with Gasteiger partial charge in [0.25, 0.3) is 0 Å². The first-order valence-corrected chi connectivity index (χ1v) is 7.27. The van der Waals surface area contributed by atoms with Crippen LogP contribution >= 0.6 is 0 Å². The number of rotatable bonds is 3. The van der Waals surface area contributed by atoms with E-state index in [1.54, 1.807) is 4.90 Å². The van der Waals surface area contributed by atoms with Crippen molar-refractivity contribution in [2.45, 2.75) is 59.8 Å². The summed E-state index contributed by atoms with van der Waals surface area (Å²) in [5.41, 5.74) is -0.280. The van der Waals surface area contributed by atoms with Crippen LogP contribution in [-0.4, -0.2) is 49.2 Å². The fourth-order valence-corrected chi connectivity index (χ4v) is 1.75. The van der Waals surface area contributed by atoms with Crippen molar-refractivity contribution in [1.29, 1.82) is 0 Å². The minimum Gasteiger partial charge on any atom is -0.444 e. The molecule has 0 saturated carbocycles. The summed E-state index contributed by atoms with van der Waals surface area (Å²) in [6.07, 6.45) is 0.258. The molecule has 0 N–H and O–H groups in total. The Morgan fingerprint density at radius 3 is 2.45 bits per heavy atom. The second kappa shape index (κ2) is 6.76. The predicted octanol–water partition coefficient (Wildman–Crippen LogP) is 3.03. The Morgan fingerprint density at radius 2 is 1.90 bits per heavy atom. The molecule has 1 saturated heterocycles. The Morgan fingerprint density at radius 1 is 1.25 bits per heavy atom. The second-order valence-electron chi connectivity index (χ2n) is 7.38. The number of ether oxygens (including phenoxy) is 3. The van der Waals surface area contributed by atoms with Crippen molar-refractivity contribution < 1.29 is 19.0 Å². The van der Waals surface area contributed by atoms with Crippen LogP contribution in [0.15, 0.2) is 0 Å². The van der Waals surface area contributed by atoms with E-state index in [4.69, 9.17) is 14.2 Å². The maximum Gasteiger partial charge on any atom is 0.412 e. The molecule has 1 atom stereocenters. The second-order valence-corrected chi connectivity index (χ2v) is 7.38. The van der Waals surface area contributed by atoms with E-state index in [-0.39, 0.29) is 17.7 Å². The topological polar surface area (TPSA) is 48.0 Å². The fraction of sp³-hybridized carbons (Fsp3) is 0.933. The minimum atomic E-state index is -0.495. The van der Waals surface area contributed by atoms with Gasteiger partial charge in [-0.25, -0.2) is 4.79 Å². The molecule has 0 bridgehead atoms. The molecule has 118 valence electrons. The highest BCUT2D eigenvalue weighted by Crippen LogP contribution is 2.20. The molecule has 0 aliphatic carbocycles. The maximum atomic E-state index is 12.2. The summed E-state index contributed by atoms with van der Waals surface area (Å²) in [5.74, 6) is 0. The van der Waals surface area contributed by atoms with Gasteiger partial charge in [0.2, 0.25) is 0 Å². The lowest BCUT2D eigenvalue weighted by molar-refractivity contribution is -0.137. The molecule has 20 heavy (non-hydrogen) atoms. The van der Waals surface area contributed by atoms with E-state index in [0.29, 0.717) is 26.4 Å². The Kier molecular flexibility index (Phi) is 5.83. The van der Waals surface area contributed by atoms with Crippen molar-refractivity contribution in [2.24, 2.45) is 5.41 Å². The van der Waals surface area contributed by atoms with Gasteiger partial charge in [-0.3, -0.25) is 4.90 Å². The third-order valence-corrected chi connectivity index (χ3v) is 2.87. The molecule has 0 aromatic rings. The van der Waals surface area contributed by atoms with Crippen LogP contribution in [0.3, 0.4) is 0 Å². The highest BCUT2D eigenvalue weighted by atomic mass is 16.6. The predicted molar refractivity (Wildman–Crippen MR) is 77.6 cm³/mol. The highest BCUT2D eigenvalue weighted by Gasteiger charge is 2.31. The Balaban J connectivity index is 2.51. The van der Waals surface area contributed by atoms with E-state index in [1.807, 2.05) is 20.8 Å². The summed E-state index contributed by atoms with van der Waals surface area (Å²) >= 11 is 0. The molecule has 0 aromatic carbocycles. The van der Waals surface area contributed by atoms with E-state index in [1.165, 1.54) is 0 Å². The van der Waals surface area contributed by atoms with Gasteiger partial charge >= 0.3 is 6.09 Å². The molecule has 0 spiro atoms. The van der Waals surface area contributed by atoms with E-state index in [9.17, 15) is 4.79 Å². The molecular formula is C15H29NO4. The third-order valence-electron chi connectivity index (χ3n) is 2.87. The van der Waals surface area contributed by atoms with Crippen molar-refractivity contribution in [3.05, 3.63) is 0 Å². The van der Waals surface area contributed by atoms with Crippen molar-refractivity contribution >= 4 is 6.09 Å². The SMILES string of the molecule is CC(C)(C)CCOC1COCCN1C(=O)OC(C)(C)C. The molecular weight excluding hydrogens is 258 g/mol. The summed E-state index contributed by atoms with van der Waals surface area (Å²) in [6, 6.07) is 0. The molecule has 0 radical (unpaired) electrons. The molecule has 1 rings (SSSR count). The zero-order chi connectivity index (χ0) is 15.4. The van der Waals surface area contributed by atoms with Crippen LogP contribution in [0.5, 0.6) is 0 Å². The third kappa shape index (κ3) is 6.57. The Labute approximate surface area is 122 Å². The molecule has 5 nitrogen and oxygen atoms in total. The molecule has 1 unspecified atom stereocenters. The number of hydrogen-bond acceptors (Lipinski definition) is 4. The van der Waals surface area contributed by atoms with Crippen LogP contribution in [0.1, 0.15) is 48.0 Å². The number of nitrogens with zero attached hydrogens (tertiary/aromatic N) is 1. The molecule has 0 aromatic heterocycles. The minimum absolute atomic E-state index is 0.215. The largest absolute Gasteiger partial charge is 0.444 e. The average Bonchev–Trinajstić information content (AvgIpc) is 2.25. The standard InChI is InChI=1S/C15H29NO4/c1-14(2,3)7-9-19-12-11-18-10-8-16(12)13(17)20-15(4,5)6/h12H,7-11H2,1-6H3. The summed E-state index contributed by atoms with van der Waals surface area (Å²) in [4.78, 5) is 13.8. The molecule has 1 fully saturated rings. The molecule has 1 aliphatic rings. The summed E-state index contributed by atoms with van der Waals surface area (Å²) in [7, 11) is 0. The number of hydrogen-bond donors (Lipinski definition) is 0. The summed E-state index contributed by atoms with van der Waals surface area (Å²) < 4.78 is 16.6. The van der Waals surface area contributed by atoms with Crippen molar-refractivity contribution in [3.8, 4) is 0 Å². The first-order chi connectivity index (χ1) is 9.08. The van der Waals surface area contributed by atoms with Crippen LogP contribution in [0.2, 0.25) is 0 Å². The van der Waals surface area contributed by atoms with Gasteiger partial charge in [0, 0.05) is 6.61 Å².